The molecule has 0 radical (unpaired) electrons. The third-order valence-electron chi connectivity index (χ3n) is 2.88. The van der Waals surface area contributed by atoms with Crippen LogP contribution in [0.1, 0.15) is 27.2 Å². The fourth-order valence-electron chi connectivity index (χ4n) is 1.56. The van der Waals surface area contributed by atoms with Crippen LogP contribution in [0, 0.1) is 5.41 Å². The number of rotatable bonds is 3. The van der Waals surface area contributed by atoms with Gasteiger partial charge in [0.2, 0.25) is 0 Å². The monoisotopic (exact) mass is 173 g/mol. The topological polar surface area (TPSA) is 52.5 Å². The van der Waals surface area contributed by atoms with Gasteiger partial charge in [-0.3, -0.25) is 0 Å². The molecule has 1 aliphatic carbocycles. The van der Waals surface area contributed by atoms with Gasteiger partial charge in [-0.05, 0) is 13.3 Å². The van der Waals surface area contributed by atoms with Crippen molar-refractivity contribution in [2.75, 3.05) is 6.54 Å². The first kappa shape index (κ1) is 9.96. The Labute approximate surface area is 73.8 Å². The van der Waals surface area contributed by atoms with Crippen LogP contribution in [0.4, 0.5) is 0 Å². The Hall–Kier alpha value is -0.120. The van der Waals surface area contributed by atoms with Gasteiger partial charge in [-0.2, -0.15) is 0 Å². The standard InChI is InChI=1S/C9H19NO2/c1-6(11)5-10-7-4-8(12)9(7,2)3/h6-8,10-12H,4-5H2,1-3H3. The number of hydrogen-bond donors (Lipinski definition) is 3. The van der Waals surface area contributed by atoms with Gasteiger partial charge in [0.05, 0.1) is 12.2 Å². The maximum Gasteiger partial charge on any atom is 0.0636 e. The van der Waals surface area contributed by atoms with Crippen LogP contribution >= 0.6 is 0 Å². The average Bonchev–Trinajstić information content (AvgIpc) is 1.97. The fourth-order valence-corrected chi connectivity index (χ4v) is 1.56. The van der Waals surface area contributed by atoms with E-state index < -0.39 is 0 Å². The molecule has 1 rings (SSSR count). The summed E-state index contributed by atoms with van der Waals surface area (Å²) in [5, 5.41) is 21.7. The van der Waals surface area contributed by atoms with E-state index in [0.29, 0.717) is 12.6 Å². The first-order valence-corrected chi connectivity index (χ1v) is 4.54. The first-order valence-electron chi connectivity index (χ1n) is 4.54. The number of nitrogens with one attached hydrogen (secondary N) is 1. The highest BCUT2D eigenvalue weighted by Crippen LogP contribution is 2.40. The van der Waals surface area contributed by atoms with E-state index in [0.717, 1.165) is 6.42 Å². The average molecular weight is 173 g/mol. The van der Waals surface area contributed by atoms with E-state index in [1.54, 1.807) is 6.92 Å². The molecular formula is C9H19NO2. The Kier molecular flexibility index (Phi) is 2.76. The van der Waals surface area contributed by atoms with Gasteiger partial charge in [-0.15, -0.1) is 0 Å². The Bertz CT molecular complexity index is 157. The summed E-state index contributed by atoms with van der Waals surface area (Å²) in [4.78, 5) is 0. The molecule has 0 amide bonds. The lowest BCUT2D eigenvalue weighted by atomic mass is 9.64. The molecule has 0 saturated heterocycles. The second kappa shape index (κ2) is 3.32. The zero-order chi connectivity index (χ0) is 9.35. The zero-order valence-corrected chi connectivity index (χ0v) is 8.04. The molecule has 0 aliphatic heterocycles. The lowest BCUT2D eigenvalue weighted by Crippen LogP contribution is -2.60. The van der Waals surface area contributed by atoms with E-state index in [9.17, 15) is 5.11 Å². The molecule has 12 heavy (non-hydrogen) atoms. The molecule has 3 heteroatoms. The predicted octanol–water partition coefficient (Wildman–Crippen LogP) is 0.116. The molecular weight excluding hydrogens is 154 g/mol. The molecule has 0 aromatic rings. The van der Waals surface area contributed by atoms with E-state index in [1.165, 1.54) is 0 Å². The van der Waals surface area contributed by atoms with Gasteiger partial charge in [-0.1, -0.05) is 13.8 Å². The Morgan fingerprint density at radius 2 is 2.17 bits per heavy atom. The first-order chi connectivity index (χ1) is 5.44. The van der Waals surface area contributed by atoms with E-state index in [-0.39, 0.29) is 17.6 Å². The van der Waals surface area contributed by atoms with Crippen LogP contribution < -0.4 is 5.32 Å². The molecule has 1 fully saturated rings. The highest BCUT2D eigenvalue weighted by molar-refractivity contribution is 5.01. The minimum atomic E-state index is -0.307. The summed E-state index contributed by atoms with van der Waals surface area (Å²) in [7, 11) is 0. The van der Waals surface area contributed by atoms with E-state index in [2.05, 4.69) is 5.32 Å². The molecule has 0 heterocycles. The summed E-state index contributed by atoms with van der Waals surface area (Å²) < 4.78 is 0. The highest BCUT2D eigenvalue weighted by atomic mass is 16.3. The van der Waals surface area contributed by atoms with Crippen LogP contribution in [-0.4, -0.2) is 35.0 Å². The molecule has 0 aromatic carbocycles. The number of aliphatic hydroxyl groups is 2. The van der Waals surface area contributed by atoms with Gasteiger partial charge >= 0.3 is 0 Å². The quantitative estimate of drug-likeness (QED) is 0.568. The van der Waals surface area contributed by atoms with Crippen LogP contribution in [0.15, 0.2) is 0 Å². The molecule has 1 saturated carbocycles. The van der Waals surface area contributed by atoms with Gasteiger partial charge in [0.15, 0.2) is 0 Å². The molecule has 1 aliphatic rings. The summed E-state index contributed by atoms with van der Waals surface area (Å²) in [6, 6.07) is 0.349. The second-order valence-corrected chi connectivity index (χ2v) is 4.38. The van der Waals surface area contributed by atoms with Gasteiger partial charge in [0.1, 0.15) is 0 Å². The van der Waals surface area contributed by atoms with Crippen LogP contribution in [0.2, 0.25) is 0 Å². The van der Waals surface area contributed by atoms with Crippen molar-refractivity contribution in [3.05, 3.63) is 0 Å². The Morgan fingerprint density at radius 3 is 2.50 bits per heavy atom. The molecule has 72 valence electrons. The molecule has 0 bridgehead atoms. The molecule has 3 nitrogen and oxygen atoms in total. The van der Waals surface area contributed by atoms with Gasteiger partial charge in [0.25, 0.3) is 0 Å². The van der Waals surface area contributed by atoms with Crippen molar-refractivity contribution < 1.29 is 10.2 Å². The minimum Gasteiger partial charge on any atom is -0.392 e. The summed E-state index contributed by atoms with van der Waals surface area (Å²) in [6.45, 7) is 6.46. The maximum absolute atomic E-state index is 9.41. The summed E-state index contributed by atoms with van der Waals surface area (Å²) in [6.07, 6.45) is 0.308. The molecule has 3 N–H and O–H groups in total. The predicted molar refractivity (Wildman–Crippen MR) is 47.9 cm³/mol. The van der Waals surface area contributed by atoms with E-state index >= 15 is 0 Å². The normalized spacial score (nSPS) is 35.8. The summed E-state index contributed by atoms with van der Waals surface area (Å²) in [5.74, 6) is 0. The van der Waals surface area contributed by atoms with Crippen molar-refractivity contribution in [1.29, 1.82) is 0 Å². The van der Waals surface area contributed by atoms with Crippen molar-refractivity contribution in [3.63, 3.8) is 0 Å². The number of aliphatic hydroxyl groups excluding tert-OH is 2. The van der Waals surface area contributed by atoms with Crippen LogP contribution in [0.5, 0.6) is 0 Å². The fraction of sp³-hybridized carbons (Fsp3) is 1.00. The van der Waals surface area contributed by atoms with Crippen molar-refractivity contribution in [3.8, 4) is 0 Å². The summed E-state index contributed by atoms with van der Waals surface area (Å²) >= 11 is 0. The van der Waals surface area contributed by atoms with Crippen molar-refractivity contribution in [1.82, 2.24) is 5.32 Å². The SMILES string of the molecule is CC(O)CNC1CC(O)C1(C)C. The van der Waals surface area contributed by atoms with E-state index in [4.69, 9.17) is 5.11 Å². The summed E-state index contributed by atoms with van der Waals surface area (Å²) in [5.41, 5.74) is -0.0328. The largest absolute Gasteiger partial charge is 0.392 e. The molecule has 0 aromatic heterocycles. The molecule has 3 atom stereocenters. The van der Waals surface area contributed by atoms with E-state index in [1.807, 2.05) is 13.8 Å². The van der Waals surface area contributed by atoms with Crippen LogP contribution in [-0.2, 0) is 0 Å². The number of hydrogen-bond acceptors (Lipinski definition) is 3. The Balaban J connectivity index is 2.28. The second-order valence-electron chi connectivity index (χ2n) is 4.38. The maximum atomic E-state index is 9.41. The van der Waals surface area contributed by atoms with Crippen molar-refractivity contribution in [2.24, 2.45) is 5.41 Å². The third kappa shape index (κ3) is 1.79. The van der Waals surface area contributed by atoms with Gasteiger partial charge < -0.3 is 15.5 Å². The lowest BCUT2D eigenvalue weighted by molar-refractivity contribution is -0.0744. The Morgan fingerprint density at radius 1 is 1.58 bits per heavy atom. The molecule has 3 unspecified atom stereocenters. The van der Waals surface area contributed by atoms with Crippen LogP contribution in [0.25, 0.3) is 0 Å². The van der Waals surface area contributed by atoms with Crippen molar-refractivity contribution >= 4 is 0 Å². The minimum absolute atomic E-state index is 0.0328. The lowest BCUT2D eigenvalue weighted by Gasteiger charge is -2.49. The van der Waals surface area contributed by atoms with Crippen LogP contribution in [0.3, 0.4) is 0 Å². The third-order valence-corrected chi connectivity index (χ3v) is 2.88. The van der Waals surface area contributed by atoms with Gasteiger partial charge in [0, 0.05) is 18.0 Å². The smallest absolute Gasteiger partial charge is 0.0636 e. The molecule has 0 spiro atoms. The van der Waals surface area contributed by atoms with Gasteiger partial charge in [-0.25, -0.2) is 0 Å². The van der Waals surface area contributed by atoms with Crippen molar-refractivity contribution in [2.45, 2.75) is 45.4 Å². The zero-order valence-electron chi connectivity index (χ0n) is 8.04. The highest BCUT2D eigenvalue weighted by Gasteiger charge is 2.46.